The fourth-order valence-corrected chi connectivity index (χ4v) is 2.46. The predicted molar refractivity (Wildman–Crippen MR) is 78.2 cm³/mol. The normalized spacial score (nSPS) is 10.5. The Kier molecular flexibility index (Phi) is 4.36. The van der Waals surface area contributed by atoms with Gasteiger partial charge in [-0.2, -0.15) is 0 Å². The molecule has 0 fully saturated rings. The Morgan fingerprint density at radius 3 is 2.10 bits per heavy atom. The summed E-state index contributed by atoms with van der Waals surface area (Å²) in [5.41, 5.74) is 3.65. The first-order valence-corrected chi connectivity index (χ1v) is 6.69. The van der Waals surface area contributed by atoms with Gasteiger partial charge in [0.25, 0.3) is 5.91 Å². The summed E-state index contributed by atoms with van der Waals surface area (Å²) in [6, 6.07) is 7.40. The van der Waals surface area contributed by atoms with Crippen LogP contribution >= 0.6 is 0 Å². The van der Waals surface area contributed by atoms with Crippen molar-refractivity contribution in [2.24, 2.45) is 0 Å². The summed E-state index contributed by atoms with van der Waals surface area (Å²) in [7, 11) is 0. The zero-order valence-corrected chi connectivity index (χ0v) is 12.3. The Morgan fingerprint density at radius 2 is 1.57 bits per heavy atom. The van der Waals surface area contributed by atoms with Crippen molar-refractivity contribution in [3.8, 4) is 0 Å². The van der Waals surface area contributed by atoms with Gasteiger partial charge in [-0.05, 0) is 49.6 Å². The first-order valence-electron chi connectivity index (χ1n) is 6.69. The van der Waals surface area contributed by atoms with E-state index in [0.29, 0.717) is 0 Å². The second kappa shape index (κ2) is 6.04. The van der Waals surface area contributed by atoms with E-state index in [0.717, 1.165) is 34.4 Å². The van der Waals surface area contributed by atoms with Gasteiger partial charge in [-0.1, -0.05) is 23.8 Å². The van der Waals surface area contributed by atoms with Crippen LogP contribution in [0.15, 0.2) is 30.3 Å². The molecule has 2 aromatic carbocycles. The number of nitrogens with one attached hydrogen (secondary N) is 1. The van der Waals surface area contributed by atoms with Crippen LogP contribution in [0.2, 0.25) is 0 Å². The number of carbonyl (C=O) groups excluding carboxylic acids is 1. The summed E-state index contributed by atoms with van der Waals surface area (Å²) in [5, 5.41) is 2.58. The van der Waals surface area contributed by atoms with Crippen molar-refractivity contribution >= 4 is 5.91 Å². The van der Waals surface area contributed by atoms with E-state index in [2.05, 4.69) is 5.32 Å². The van der Waals surface area contributed by atoms with Crippen molar-refractivity contribution in [2.75, 3.05) is 0 Å². The molecule has 0 atom stereocenters. The van der Waals surface area contributed by atoms with E-state index < -0.39 is 23.1 Å². The molecule has 2 rings (SSSR count). The molecule has 21 heavy (non-hydrogen) atoms. The SMILES string of the molecule is Cc1cc(C)c(CNC(=O)c2c(F)cccc2F)c(C)c1. The minimum atomic E-state index is -0.857. The molecule has 0 saturated carbocycles. The summed E-state index contributed by atoms with van der Waals surface area (Å²) < 4.78 is 27.1. The third-order valence-electron chi connectivity index (χ3n) is 3.46. The fraction of sp³-hybridized carbons (Fsp3) is 0.235. The summed E-state index contributed by atoms with van der Waals surface area (Å²) in [5.74, 6) is -2.46. The first-order chi connectivity index (χ1) is 9.90. The average molecular weight is 289 g/mol. The Bertz CT molecular complexity index is 652. The van der Waals surface area contributed by atoms with Gasteiger partial charge in [0.2, 0.25) is 0 Å². The molecule has 4 heteroatoms. The van der Waals surface area contributed by atoms with E-state index in [-0.39, 0.29) is 6.54 Å². The van der Waals surface area contributed by atoms with Crippen LogP contribution in [0.1, 0.15) is 32.6 Å². The third-order valence-corrected chi connectivity index (χ3v) is 3.46. The Balaban J connectivity index is 2.19. The number of hydrogen-bond acceptors (Lipinski definition) is 1. The van der Waals surface area contributed by atoms with Crippen LogP contribution in [0.5, 0.6) is 0 Å². The van der Waals surface area contributed by atoms with Crippen LogP contribution in [0, 0.1) is 32.4 Å². The van der Waals surface area contributed by atoms with Crippen molar-refractivity contribution in [1.82, 2.24) is 5.32 Å². The molecule has 0 bridgehead atoms. The number of rotatable bonds is 3. The van der Waals surface area contributed by atoms with Crippen LogP contribution < -0.4 is 5.32 Å². The number of hydrogen-bond donors (Lipinski definition) is 1. The zero-order chi connectivity index (χ0) is 15.6. The maximum atomic E-state index is 13.5. The van der Waals surface area contributed by atoms with Gasteiger partial charge in [0.15, 0.2) is 0 Å². The summed E-state index contributed by atoms with van der Waals surface area (Å²) in [6.45, 7) is 6.14. The highest BCUT2D eigenvalue weighted by atomic mass is 19.1. The Labute approximate surface area is 122 Å². The van der Waals surface area contributed by atoms with Crippen LogP contribution in [0.3, 0.4) is 0 Å². The average Bonchev–Trinajstić information content (AvgIpc) is 2.37. The minimum absolute atomic E-state index is 0.241. The van der Waals surface area contributed by atoms with Gasteiger partial charge in [-0.15, -0.1) is 0 Å². The maximum absolute atomic E-state index is 13.5. The van der Waals surface area contributed by atoms with Gasteiger partial charge in [0.05, 0.1) is 0 Å². The van der Waals surface area contributed by atoms with Crippen LogP contribution in [-0.2, 0) is 6.54 Å². The number of carbonyl (C=O) groups is 1. The quantitative estimate of drug-likeness (QED) is 0.914. The van der Waals surface area contributed by atoms with Crippen molar-refractivity contribution in [1.29, 1.82) is 0 Å². The molecule has 0 aliphatic carbocycles. The number of aryl methyl sites for hydroxylation is 3. The summed E-state index contributed by atoms with van der Waals surface area (Å²) >= 11 is 0. The summed E-state index contributed by atoms with van der Waals surface area (Å²) in [6.07, 6.45) is 0. The van der Waals surface area contributed by atoms with E-state index in [4.69, 9.17) is 0 Å². The van der Waals surface area contributed by atoms with Gasteiger partial charge in [0, 0.05) is 6.54 Å². The topological polar surface area (TPSA) is 29.1 Å². The lowest BCUT2D eigenvalue weighted by Crippen LogP contribution is -2.25. The molecule has 0 radical (unpaired) electrons. The molecule has 2 nitrogen and oxygen atoms in total. The van der Waals surface area contributed by atoms with Crippen molar-refractivity contribution in [2.45, 2.75) is 27.3 Å². The molecular formula is C17H17F2NO. The number of benzene rings is 2. The van der Waals surface area contributed by atoms with Gasteiger partial charge < -0.3 is 5.32 Å². The lowest BCUT2D eigenvalue weighted by atomic mass is 10.00. The highest BCUT2D eigenvalue weighted by molar-refractivity contribution is 5.94. The standard InChI is InChI=1S/C17H17F2NO/c1-10-7-11(2)13(12(3)8-10)9-20-17(21)16-14(18)5-4-6-15(16)19/h4-8H,9H2,1-3H3,(H,20,21). The molecular weight excluding hydrogens is 272 g/mol. The highest BCUT2D eigenvalue weighted by Gasteiger charge is 2.17. The predicted octanol–water partition coefficient (Wildman–Crippen LogP) is 3.82. The third kappa shape index (κ3) is 3.27. The molecule has 0 saturated heterocycles. The minimum Gasteiger partial charge on any atom is -0.348 e. The summed E-state index contributed by atoms with van der Waals surface area (Å²) in [4.78, 5) is 12.0. The van der Waals surface area contributed by atoms with E-state index in [9.17, 15) is 13.6 Å². The van der Waals surface area contributed by atoms with Crippen LogP contribution in [0.4, 0.5) is 8.78 Å². The monoisotopic (exact) mass is 289 g/mol. The van der Waals surface area contributed by atoms with E-state index in [1.165, 1.54) is 6.07 Å². The molecule has 2 aromatic rings. The van der Waals surface area contributed by atoms with Gasteiger partial charge in [0.1, 0.15) is 17.2 Å². The van der Waals surface area contributed by atoms with Crippen molar-refractivity contribution in [3.05, 3.63) is 69.8 Å². The molecule has 0 unspecified atom stereocenters. The number of amides is 1. The van der Waals surface area contributed by atoms with E-state index >= 15 is 0 Å². The van der Waals surface area contributed by atoms with Gasteiger partial charge >= 0.3 is 0 Å². The Hall–Kier alpha value is -2.23. The van der Waals surface area contributed by atoms with Crippen molar-refractivity contribution < 1.29 is 13.6 Å². The van der Waals surface area contributed by atoms with Crippen LogP contribution in [-0.4, -0.2) is 5.91 Å². The lowest BCUT2D eigenvalue weighted by Gasteiger charge is -2.13. The van der Waals surface area contributed by atoms with E-state index in [1.807, 2.05) is 32.9 Å². The van der Waals surface area contributed by atoms with Gasteiger partial charge in [-0.25, -0.2) is 8.78 Å². The molecule has 1 amide bonds. The largest absolute Gasteiger partial charge is 0.348 e. The molecule has 0 spiro atoms. The highest BCUT2D eigenvalue weighted by Crippen LogP contribution is 2.17. The lowest BCUT2D eigenvalue weighted by molar-refractivity contribution is 0.0942. The van der Waals surface area contributed by atoms with Crippen molar-refractivity contribution in [3.63, 3.8) is 0 Å². The second-order valence-corrected chi connectivity index (χ2v) is 5.16. The number of halogens is 2. The Morgan fingerprint density at radius 1 is 1.05 bits per heavy atom. The molecule has 0 aliphatic heterocycles. The fourth-order valence-electron chi connectivity index (χ4n) is 2.46. The maximum Gasteiger partial charge on any atom is 0.257 e. The molecule has 1 N–H and O–H groups in total. The van der Waals surface area contributed by atoms with E-state index in [1.54, 1.807) is 0 Å². The second-order valence-electron chi connectivity index (χ2n) is 5.16. The molecule has 0 aromatic heterocycles. The first kappa shape index (κ1) is 15.2. The molecule has 0 heterocycles. The van der Waals surface area contributed by atoms with Crippen LogP contribution in [0.25, 0.3) is 0 Å². The van der Waals surface area contributed by atoms with Gasteiger partial charge in [-0.3, -0.25) is 4.79 Å². The molecule has 110 valence electrons. The zero-order valence-electron chi connectivity index (χ0n) is 12.3. The smallest absolute Gasteiger partial charge is 0.257 e. The molecule has 0 aliphatic rings.